The van der Waals surface area contributed by atoms with Crippen molar-refractivity contribution in [2.45, 2.75) is 58.5 Å². The molecule has 6 heteroatoms. The Bertz CT molecular complexity index is 854. The predicted octanol–water partition coefficient (Wildman–Crippen LogP) is 5.50. The van der Waals surface area contributed by atoms with Gasteiger partial charge in [0.2, 0.25) is 0 Å². The number of hydrogen-bond donors (Lipinski definition) is 2. The number of rotatable bonds is 13. The van der Waals surface area contributed by atoms with Gasteiger partial charge in [-0.2, -0.15) is 0 Å². The van der Waals surface area contributed by atoms with Crippen molar-refractivity contribution in [2.75, 3.05) is 25.1 Å². The minimum Gasteiger partial charge on any atom is -0.479 e. The molecule has 0 saturated carbocycles. The molecule has 1 unspecified atom stereocenters. The number of nitrogens with one attached hydrogen (secondary N) is 1. The van der Waals surface area contributed by atoms with Crippen LogP contribution in [0.1, 0.15) is 51.5 Å². The predicted molar refractivity (Wildman–Crippen MR) is 129 cm³/mol. The Morgan fingerprint density at radius 1 is 1.00 bits per heavy atom. The molecule has 2 amide bonds. The number of carboxylic acids is 1. The maximum Gasteiger partial charge on any atom is 0.333 e. The highest BCUT2D eigenvalue weighted by molar-refractivity contribution is 5.93. The summed E-state index contributed by atoms with van der Waals surface area (Å²) in [4.78, 5) is 26.0. The fourth-order valence-electron chi connectivity index (χ4n) is 3.63. The summed E-state index contributed by atoms with van der Waals surface area (Å²) in [5.74, 6) is -1.01. The van der Waals surface area contributed by atoms with E-state index < -0.39 is 12.1 Å². The number of amides is 2. The lowest BCUT2D eigenvalue weighted by Gasteiger charge is -2.24. The van der Waals surface area contributed by atoms with E-state index in [1.807, 2.05) is 48.5 Å². The number of carboxylic acid groups (broad SMARTS) is 1. The second kappa shape index (κ2) is 13.5. The van der Waals surface area contributed by atoms with Gasteiger partial charge in [0, 0.05) is 32.3 Å². The highest BCUT2D eigenvalue weighted by atomic mass is 16.5. The molecule has 6 nitrogen and oxygen atoms in total. The van der Waals surface area contributed by atoms with Crippen molar-refractivity contribution in [3.8, 4) is 11.1 Å². The van der Waals surface area contributed by atoms with Gasteiger partial charge in [-0.15, -0.1) is 0 Å². The summed E-state index contributed by atoms with van der Waals surface area (Å²) in [6.07, 6.45) is 4.85. The van der Waals surface area contributed by atoms with Gasteiger partial charge in [0.1, 0.15) is 0 Å². The van der Waals surface area contributed by atoms with Gasteiger partial charge in [0.05, 0.1) is 0 Å². The van der Waals surface area contributed by atoms with E-state index in [0.29, 0.717) is 18.8 Å². The van der Waals surface area contributed by atoms with Crippen LogP contribution in [0.15, 0.2) is 48.5 Å². The van der Waals surface area contributed by atoms with Crippen LogP contribution in [-0.2, 0) is 16.0 Å². The van der Waals surface area contributed by atoms with Crippen molar-refractivity contribution in [2.24, 2.45) is 0 Å². The van der Waals surface area contributed by atoms with E-state index in [2.05, 4.69) is 12.2 Å². The van der Waals surface area contributed by atoms with Gasteiger partial charge in [-0.25, -0.2) is 9.59 Å². The number of aliphatic carboxylic acids is 1. The maximum atomic E-state index is 12.8. The first-order valence-corrected chi connectivity index (χ1v) is 11.5. The van der Waals surface area contributed by atoms with Crippen LogP contribution < -0.4 is 10.2 Å². The summed E-state index contributed by atoms with van der Waals surface area (Å²) in [7, 11) is 1.72. The molecule has 0 heterocycles. The fourth-order valence-corrected chi connectivity index (χ4v) is 3.63. The topological polar surface area (TPSA) is 78.9 Å². The minimum absolute atomic E-state index is 0.183. The Morgan fingerprint density at radius 3 is 2.38 bits per heavy atom. The maximum absolute atomic E-state index is 12.8. The van der Waals surface area contributed by atoms with Gasteiger partial charge in [0.15, 0.2) is 6.10 Å². The van der Waals surface area contributed by atoms with Gasteiger partial charge >= 0.3 is 12.0 Å². The third-order valence-electron chi connectivity index (χ3n) is 5.46. The lowest BCUT2D eigenvalue weighted by atomic mass is 9.98. The van der Waals surface area contributed by atoms with Crippen LogP contribution in [0.3, 0.4) is 0 Å². The molecule has 0 bridgehead atoms. The highest BCUT2D eigenvalue weighted by Gasteiger charge is 2.22. The summed E-state index contributed by atoms with van der Waals surface area (Å²) in [6, 6.07) is 15.5. The zero-order valence-corrected chi connectivity index (χ0v) is 19.5. The smallest absolute Gasteiger partial charge is 0.333 e. The van der Waals surface area contributed by atoms with E-state index in [1.165, 1.54) is 19.3 Å². The van der Waals surface area contributed by atoms with Gasteiger partial charge in [-0.1, -0.05) is 75.1 Å². The zero-order valence-electron chi connectivity index (χ0n) is 19.5. The average Bonchev–Trinajstić information content (AvgIpc) is 2.81. The van der Waals surface area contributed by atoms with E-state index in [4.69, 9.17) is 4.74 Å². The third kappa shape index (κ3) is 7.68. The van der Waals surface area contributed by atoms with Gasteiger partial charge < -0.3 is 15.2 Å². The molecule has 174 valence electrons. The zero-order chi connectivity index (χ0) is 23.3. The Morgan fingerprint density at radius 2 is 1.72 bits per heavy atom. The fraction of sp³-hybridized carbons (Fsp3) is 0.462. The largest absolute Gasteiger partial charge is 0.479 e. The molecule has 0 fully saturated rings. The highest BCUT2D eigenvalue weighted by Crippen LogP contribution is 2.29. The molecule has 2 N–H and O–H groups in total. The number of hydrogen-bond acceptors (Lipinski definition) is 3. The Labute approximate surface area is 191 Å². The molecule has 0 spiro atoms. The van der Waals surface area contributed by atoms with Crippen LogP contribution in [0.4, 0.5) is 10.5 Å². The van der Waals surface area contributed by atoms with Crippen molar-refractivity contribution in [3.05, 3.63) is 54.1 Å². The first-order valence-electron chi connectivity index (χ1n) is 11.5. The number of carbonyl (C=O) groups is 2. The SMILES string of the molecule is CCCCCCCNC(=O)N(C)c1cc(-c2ccccc2)ccc1CC(OCC)C(=O)O. The van der Waals surface area contributed by atoms with Crippen LogP contribution in [-0.4, -0.2) is 43.4 Å². The molecule has 0 saturated heterocycles. The number of benzene rings is 2. The number of ether oxygens (including phenoxy) is 1. The second-order valence-corrected chi connectivity index (χ2v) is 7.90. The molecule has 0 aromatic heterocycles. The number of nitrogens with zero attached hydrogens (tertiary/aromatic N) is 1. The molecule has 32 heavy (non-hydrogen) atoms. The van der Waals surface area contributed by atoms with E-state index in [9.17, 15) is 14.7 Å². The van der Waals surface area contributed by atoms with Crippen molar-refractivity contribution < 1.29 is 19.4 Å². The van der Waals surface area contributed by atoms with E-state index in [1.54, 1.807) is 18.9 Å². The standard InChI is InChI=1S/C26H36N2O4/c1-4-6-7-8-12-17-27-26(31)28(3)23-18-21(20-13-10-9-11-14-20)15-16-22(23)19-24(25(29)30)32-5-2/h9-11,13-16,18,24H,4-8,12,17,19H2,1-3H3,(H,27,31)(H,29,30). The van der Waals surface area contributed by atoms with Gasteiger partial charge in [0.25, 0.3) is 0 Å². The van der Waals surface area contributed by atoms with E-state index in [-0.39, 0.29) is 12.5 Å². The lowest BCUT2D eigenvalue weighted by Crippen LogP contribution is -2.38. The summed E-state index contributed by atoms with van der Waals surface area (Å²) < 4.78 is 5.41. The van der Waals surface area contributed by atoms with Crippen LogP contribution in [0.25, 0.3) is 11.1 Å². The third-order valence-corrected chi connectivity index (χ3v) is 5.46. The van der Waals surface area contributed by atoms with Crippen LogP contribution in [0.2, 0.25) is 0 Å². The van der Waals surface area contributed by atoms with Crippen LogP contribution >= 0.6 is 0 Å². The molecule has 2 rings (SSSR count). The molecule has 0 aliphatic rings. The summed E-state index contributed by atoms with van der Waals surface area (Å²) in [5.41, 5.74) is 3.43. The summed E-state index contributed by atoms with van der Waals surface area (Å²) >= 11 is 0. The van der Waals surface area contributed by atoms with Crippen molar-refractivity contribution in [3.63, 3.8) is 0 Å². The van der Waals surface area contributed by atoms with Crippen molar-refractivity contribution >= 4 is 17.7 Å². The molecular formula is C26H36N2O4. The van der Waals surface area contributed by atoms with Gasteiger partial charge in [-0.3, -0.25) is 4.90 Å². The molecule has 1 atom stereocenters. The molecule has 2 aromatic carbocycles. The van der Waals surface area contributed by atoms with Crippen molar-refractivity contribution in [1.82, 2.24) is 5.32 Å². The summed E-state index contributed by atoms with van der Waals surface area (Å²) in [6.45, 7) is 4.88. The normalized spacial score (nSPS) is 11.7. The minimum atomic E-state index is -1.01. The first kappa shape index (κ1) is 25.4. The lowest BCUT2D eigenvalue weighted by molar-refractivity contribution is -0.149. The number of urea groups is 1. The number of anilines is 1. The van der Waals surface area contributed by atoms with Crippen molar-refractivity contribution in [1.29, 1.82) is 0 Å². The van der Waals surface area contributed by atoms with E-state index >= 15 is 0 Å². The molecule has 0 radical (unpaired) electrons. The summed E-state index contributed by atoms with van der Waals surface area (Å²) in [5, 5.41) is 12.5. The van der Waals surface area contributed by atoms with Crippen LogP contribution in [0.5, 0.6) is 0 Å². The molecule has 0 aliphatic carbocycles. The Hall–Kier alpha value is -2.86. The monoisotopic (exact) mass is 440 g/mol. The van der Waals surface area contributed by atoms with E-state index in [0.717, 1.165) is 29.5 Å². The van der Waals surface area contributed by atoms with Gasteiger partial charge in [-0.05, 0) is 36.1 Å². The quantitative estimate of drug-likeness (QED) is 0.403. The average molecular weight is 441 g/mol. The Balaban J connectivity index is 2.23. The molecule has 2 aromatic rings. The van der Waals surface area contributed by atoms with Crippen LogP contribution in [0, 0.1) is 0 Å². The second-order valence-electron chi connectivity index (χ2n) is 7.90. The first-order chi connectivity index (χ1) is 15.5. The molecular weight excluding hydrogens is 404 g/mol. The Kier molecular flexibility index (Phi) is 10.7. The molecule has 0 aliphatic heterocycles. The number of carbonyl (C=O) groups excluding carboxylic acids is 1. The number of unbranched alkanes of at least 4 members (excludes halogenated alkanes) is 4.